The van der Waals surface area contributed by atoms with Gasteiger partial charge in [-0.25, -0.2) is 8.78 Å². The number of methoxy groups -OCH3 is 2. The van der Waals surface area contributed by atoms with Gasteiger partial charge in [0.15, 0.2) is 0 Å². The molecule has 1 aromatic carbocycles. The van der Waals surface area contributed by atoms with E-state index in [1.807, 2.05) is 0 Å². The molecule has 1 unspecified atom stereocenters. The molecule has 0 aliphatic carbocycles. The summed E-state index contributed by atoms with van der Waals surface area (Å²) >= 11 is 0. The lowest BCUT2D eigenvalue weighted by atomic mass is 10.1. The van der Waals surface area contributed by atoms with Crippen molar-refractivity contribution in [3.8, 4) is 0 Å². The van der Waals surface area contributed by atoms with E-state index >= 15 is 0 Å². The lowest BCUT2D eigenvalue weighted by molar-refractivity contribution is 0.0943. The predicted octanol–water partition coefficient (Wildman–Crippen LogP) is 1.98. The molecule has 0 heterocycles. The van der Waals surface area contributed by atoms with Crippen LogP contribution in [0.15, 0.2) is 18.2 Å². The summed E-state index contributed by atoms with van der Waals surface area (Å²) in [6.45, 7) is 3.17. The molecule has 4 nitrogen and oxygen atoms in total. The smallest absolute Gasteiger partial charge is 0.126 e. The molecule has 0 spiro atoms. The van der Waals surface area contributed by atoms with Gasteiger partial charge in [-0.05, 0) is 24.1 Å². The number of hydrogen-bond acceptors (Lipinski definition) is 4. The van der Waals surface area contributed by atoms with Gasteiger partial charge in [0.1, 0.15) is 11.6 Å². The maximum atomic E-state index is 13.1. The first-order valence-corrected chi connectivity index (χ1v) is 6.91. The van der Waals surface area contributed by atoms with Crippen LogP contribution in [0.5, 0.6) is 0 Å². The Hall–Kier alpha value is -1.08. The molecule has 0 radical (unpaired) electrons. The number of ether oxygens (including phenoxy) is 2. The maximum Gasteiger partial charge on any atom is 0.126 e. The topological polar surface area (TPSA) is 41.9 Å². The first-order valence-electron chi connectivity index (χ1n) is 6.91. The maximum absolute atomic E-state index is 13.1. The lowest BCUT2D eigenvalue weighted by Gasteiger charge is -2.23. The van der Waals surface area contributed by atoms with Crippen LogP contribution in [0.3, 0.4) is 0 Å². The van der Waals surface area contributed by atoms with Crippen LogP contribution in [0.2, 0.25) is 0 Å². The number of aliphatic hydroxyl groups excluding tert-OH is 1. The molecule has 1 aromatic rings. The van der Waals surface area contributed by atoms with Crippen LogP contribution in [0, 0.1) is 11.6 Å². The minimum absolute atomic E-state index is 0.255. The molecule has 0 bridgehead atoms. The van der Waals surface area contributed by atoms with E-state index in [9.17, 15) is 13.9 Å². The van der Waals surface area contributed by atoms with Crippen LogP contribution in [0.25, 0.3) is 0 Å². The average molecular weight is 303 g/mol. The van der Waals surface area contributed by atoms with Crippen molar-refractivity contribution in [3.05, 3.63) is 35.4 Å². The van der Waals surface area contributed by atoms with E-state index < -0.39 is 17.7 Å². The molecular formula is C15H23F2NO3. The summed E-state index contributed by atoms with van der Waals surface area (Å²) in [4.78, 5) is 2.08. The largest absolute Gasteiger partial charge is 0.388 e. The van der Waals surface area contributed by atoms with E-state index in [1.54, 1.807) is 14.2 Å². The third-order valence-corrected chi connectivity index (χ3v) is 3.21. The molecular weight excluding hydrogens is 280 g/mol. The summed E-state index contributed by atoms with van der Waals surface area (Å²) in [6, 6.07) is 3.10. The summed E-state index contributed by atoms with van der Waals surface area (Å²) in [5, 5.41) is 10.0. The van der Waals surface area contributed by atoms with Gasteiger partial charge in [0.25, 0.3) is 0 Å². The van der Waals surface area contributed by atoms with Gasteiger partial charge in [-0.2, -0.15) is 0 Å². The summed E-state index contributed by atoms with van der Waals surface area (Å²) < 4.78 is 36.3. The van der Waals surface area contributed by atoms with Gasteiger partial charge in [0.2, 0.25) is 0 Å². The van der Waals surface area contributed by atoms with Crippen LogP contribution in [-0.4, -0.2) is 57.1 Å². The molecule has 120 valence electrons. The van der Waals surface area contributed by atoms with Crippen LogP contribution in [0.1, 0.15) is 18.1 Å². The second-order valence-corrected chi connectivity index (χ2v) is 4.83. The van der Waals surface area contributed by atoms with Gasteiger partial charge in [0, 0.05) is 39.9 Å². The molecule has 0 aliphatic rings. The number of aliphatic hydroxyl groups is 1. The minimum atomic E-state index is -0.900. The third kappa shape index (κ3) is 6.95. The van der Waals surface area contributed by atoms with E-state index in [1.165, 1.54) is 0 Å². The lowest BCUT2D eigenvalue weighted by Crippen LogP contribution is -2.32. The molecule has 0 aliphatic heterocycles. The first-order chi connectivity index (χ1) is 10.1. The fraction of sp³-hybridized carbons (Fsp3) is 0.600. The normalized spacial score (nSPS) is 12.9. The van der Waals surface area contributed by atoms with Gasteiger partial charge in [-0.15, -0.1) is 0 Å². The first kappa shape index (κ1) is 18.0. The van der Waals surface area contributed by atoms with E-state index in [4.69, 9.17) is 9.47 Å². The van der Waals surface area contributed by atoms with Gasteiger partial charge in [-0.3, -0.25) is 4.90 Å². The quantitative estimate of drug-likeness (QED) is 0.718. The molecule has 0 saturated heterocycles. The highest BCUT2D eigenvalue weighted by Gasteiger charge is 2.13. The zero-order valence-corrected chi connectivity index (χ0v) is 12.5. The van der Waals surface area contributed by atoms with Gasteiger partial charge >= 0.3 is 0 Å². The average Bonchev–Trinajstić information content (AvgIpc) is 2.45. The molecule has 1 N–H and O–H groups in total. The van der Waals surface area contributed by atoms with Crippen molar-refractivity contribution < 1.29 is 23.4 Å². The number of halogens is 2. The van der Waals surface area contributed by atoms with Crippen LogP contribution >= 0.6 is 0 Å². The van der Waals surface area contributed by atoms with Gasteiger partial charge in [-0.1, -0.05) is 0 Å². The molecule has 21 heavy (non-hydrogen) atoms. The Morgan fingerprint density at radius 1 is 1.00 bits per heavy atom. The Morgan fingerprint density at radius 2 is 1.52 bits per heavy atom. The monoisotopic (exact) mass is 303 g/mol. The Morgan fingerprint density at radius 3 is 2.00 bits per heavy atom. The number of benzene rings is 1. The van der Waals surface area contributed by atoms with Crippen LogP contribution in [-0.2, 0) is 9.47 Å². The highest BCUT2D eigenvalue weighted by molar-refractivity contribution is 5.20. The van der Waals surface area contributed by atoms with Crippen molar-refractivity contribution in [2.24, 2.45) is 0 Å². The number of rotatable bonds is 10. The summed E-state index contributed by atoms with van der Waals surface area (Å²) in [6.07, 6.45) is -0.515. The molecule has 0 amide bonds. The molecule has 0 aromatic heterocycles. The second kappa shape index (κ2) is 9.78. The van der Waals surface area contributed by atoms with Crippen LogP contribution in [0.4, 0.5) is 8.78 Å². The van der Waals surface area contributed by atoms with Crippen molar-refractivity contribution >= 4 is 0 Å². The van der Waals surface area contributed by atoms with Crippen molar-refractivity contribution in [2.45, 2.75) is 12.5 Å². The van der Waals surface area contributed by atoms with Gasteiger partial charge in [0.05, 0.1) is 19.3 Å². The highest BCUT2D eigenvalue weighted by Crippen LogP contribution is 2.19. The van der Waals surface area contributed by atoms with Crippen LogP contribution < -0.4 is 0 Å². The summed E-state index contributed by atoms with van der Waals surface area (Å²) in [5.41, 5.74) is 0.255. The van der Waals surface area contributed by atoms with E-state index in [0.717, 1.165) is 18.2 Å². The molecule has 1 rings (SSSR count). The minimum Gasteiger partial charge on any atom is -0.388 e. The van der Waals surface area contributed by atoms with E-state index in [-0.39, 0.29) is 5.56 Å². The Balaban J connectivity index is 2.52. The predicted molar refractivity (Wildman–Crippen MR) is 76.1 cm³/mol. The fourth-order valence-corrected chi connectivity index (χ4v) is 2.02. The second-order valence-electron chi connectivity index (χ2n) is 4.83. The molecule has 0 fully saturated rings. The molecule has 6 heteroatoms. The van der Waals surface area contributed by atoms with E-state index in [2.05, 4.69) is 4.90 Å². The standard InChI is InChI=1S/C15H23F2NO3/c1-20-7-5-18(6-8-21-2)4-3-15(19)12-9-13(16)11-14(17)10-12/h9-11,15,19H,3-8H2,1-2H3. The van der Waals surface area contributed by atoms with Crippen molar-refractivity contribution in [2.75, 3.05) is 47.1 Å². The zero-order chi connectivity index (χ0) is 15.7. The SMILES string of the molecule is COCCN(CCOC)CCC(O)c1cc(F)cc(F)c1. The summed E-state index contributed by atoms with van der Waals surface area (Å²) in [5.74, 6) is -1.36. The van der Waals surface area contributed by atoms with Gasteiger partial charge < -0.3 is 14.6 Å². The molecule has 1 atom stereocenters. The van der Waals surface area contributed by atoms with E-state index in [0.29, 0.717) is 39.3 Å². The number of hydrogen-bond donors (Lipinski definition) is 1. The molecule has 0 saturated carbocycles. The third-order valence-electron chi connectivity index (χ3n) is 3.21. The van der Waals surface area contributed by atoms with Crippen molar-refractivity contribution in [3.63, 3.8) is 0 Å². The highest BCUT2D eigenvalue weighted by atomic mass is 19.1. The van der Waals surface area contributed by atoms with Crippen molar-refractivity contribution in [1.29, 1.82) is 0 Å². The Kier molecular flexibility index (Phi) is 8.37. The van der Waals surface area contributed by atoms with Crippen molar-refractivity contribution in [1.82, 2.24) is 4.90 Å². The Labute approximate surface area is 124 Å². The number of nitrogens with zero attached hydrogens (tertiary/aromatic N) is 1. The summed E-state index contributed by atoms with van der Waals surface area (Å²) in [7, 11) is 3.25. The fourth-order valence-electron chi connectivity index (χ4n) is 2.02. The Bertz CT molecular complexity index is 390. The zero-order valence-electron chi connectivity index (χ0n) is 12.5.